The zero-order valence-electron chi connectivity index (χ0n) is 30.6. The number of aliphatic hydroxyl groups is 1. The summed E-state index contributed by atoms with van der Waals surface area (Å²) in [5.41, 5.74) is 0.343. The molecule has 292 valence electrons. The van der Waals surface area contributed by atoms with E-state index >= 15 is 0 Å². The largest absolute Gasteiger partial charge is 0.490 e. The van der Waals surface area contributed by atoms with E-state index in [1.807, 2.05) is 13.8 Å². The van der Waals surface area contributed by atoms with Crippen molar-refractivity contribution >= 4 is 35.0 Å². The van der Waals surface area contributed by atoms with Crippen LogP contribution in [0.15, 0.2) is 60.7 Å². The van der Waals surface area contributed by atoms with E-state index in [0.717, 1.165) is 18.6 Å². The van der Waals surface area contributed by atoms with E-state index < -0.39 is 41.9 Å². The number of likely N-dealkylation sites (N-methyl/N-ethyl adjacent to an activating group) is 1. The average molecular weight is 758 g/mol. The second kappa shape index (κ2) is 17.7. The van der Waals surface area contributed by atoms with Crippen LogP contribution in [0.4, 0.5) is 39.8 Å². The number of carbonyl (C=O) groups excluding carboxylic acids is 3. The molecule has 16 heteroatoms. The van der Waals surface area contributed by atoms with Crippen LogP contribution in [0.2, 0.25) is 0 Å². The molecule has 54 heavy (non-hydrogen) atoms. The van der Waals surface area contributed by atoms with Crippen LogP contribution < -0.4 is 30.2 Å². The van der Waals surface area contributed by atoms with Gasteiger partial charge in [0.05, 0.1) is 36.0 Å². The van der Waals surface area contributed by atoms with Gasteiger partial charge in [0.25, 0.3) is 5.91 Å². The lowest BCUT2D eigenvalue weighted by Crippen LogP contribution is -2.48. The molecule has 0 bridgehead atoms. The van der Waals surface area contributed by atoms with Crippen molar-refractivity contribution in [1.82, 2.24) is 9.80 Å². The lowest BCUT2D eigenvalue weighted by molar-refractivity contribution is -0.137. The van der Waals surface area contributed by atoms with Crippen molar-refractivity contribution in [3.63, 3.8) is 0 Å². The highest BCUT2D eigenvalue weighted by Crippen LogP contribution is 2.35. The Morgan fingerprint density at radius 3 is 2.26 bits per heavy atom. The van der Waals surface area contributed by atoms with Gasteiger partial charge in [-0.2, -0.15) is 13.2 Å². The van der Waals surface area contributed by atoms with E-state index in [0.29, 0.717) is 48.1 Å². The van der Waals surface area contributed by atoms with Crippen LogP contribution in [0.1, 0.15) is 56.0 Å². The van der Waals surface area contributed by atoms with Gasteiger partial charge in [0.15, 0.2) is 11.5 Å². The molecule has 2 heterocycles. The number of nitrogens with one attached hydrogen (secondary N) is 3. The molecule has 13 nitrogen and oxygen atoms in total. The fourth-order valence-corrected chi connectivity index (χ4v) is 6.04. The third-order valence-electron chi connectivity index (χ3n) is 9.20. The number of halogens is 3. The molecule has 0 unspecified atom stereocenters. The molecule has 5 amide bonds. The Morgan fingerprint density at radius 2 is 1.57 bits per heavy atom. The molecule has 0 saturated heterocycles. The number of hydrogen-bond donors (Lipinski definition) is 4. The first kappa shape index (κ1) is 40.0. The number of benzene rings is 3. The Hall–Kier alpha value is -5.22. The van der Waals surface area contributed by atoms with Gasteiger partial charge < -0.3 is 49.8 Å². The number of alkyl halides is 3. The number of fused-ring (bicyclic) bond motifs is 2. The summed E-state index contributed by atoms with van der Waals surface area (Å²) in [5, 5.41) is 18.4. The molecule has 3 aromatic rings. The first-order chi connectivity index (χ1) is 25.7. The zero-order valence-corrected chi connectivity index (χ0v) is 30.6. The first-order valence-corrected chi connectivity index (χ1v) is 17.7. The van der Waals surface area contributed by atoms with Gasteiger partial charge >= 0.3 is 18.2 Å². The Morgan fingerprint density at radius 1 is 0.926 bits per heavy atom. The van der Waals surface area contributed by atoms with Gasteiger partial charge in [-0.05, 0) is 87.7 Å². The Bertz CT molecular complexity index is 1780. The maximum Gasteiger partial charge on any atom is 0.416 e. The topological polar surface area (TPSA) is 151 Å². The second-order valence-electron chi connectivity index (χ2n) is 13.5. The van der Waals surface area contributed by atoms with Crippen molar-refractivity contribution in [3.8, 4) is 17.2 Å². The summed E-state index contributed by atoms with van der Waals surface area (Å²) >= 11 is 0. The summed E-state index contributed by atoms with van der Waals surface area (Å²) in [6.07, 6.45) is -3.23. The predicted octanol–water partition coefficient (Wildman–Crippen LogP) is 7.04. The molecule has 4 N–H and O–H groups in total. The van der Waals surface area contributed by atoms with Gasteiger partial charge in [0.1, 0.15) is 5.75 Å². The van der Waals surface area contributed by atoms with Gasteiger partial charge in [-0.1, -0.05) is 6.92 Å². The third-order valence-corrected chi connectivity index (χ3v) is 9.20. The van der Waals surface area contributed by atoms with Gasteiger partial charge in [-0.3, -0.25) is 4.79 Å². The molecule has 0 radical (unpaired) electrons. The molecule has 5 rings (SSSR count). The number of anilines is 3. The molecular weight excluding hydrogens is 711 g/mol. The number of amides is 5. The van der Waals surface area contributed by atoms with E-state index in [9.17, 15) is 32.7 Å². The SMILES string of the molecule is C[C@H](CO)N1C[C@H](C)[C@@H](CN(C)C(=O)Nc2ccc(C(F)(F)F)cc2)OCCCC[C@H](C)Oc2ccc(NC(=O)Nc3ccc4c(c3)OCO4)cc2C1=O. The number of nitrogens with zero attached hydrogens (tertiary/aromatic N) is 2. The molecule has 0 spiro atoms. The maximum absolute atomic E-state index is 14.4. The van der Waals surface area contributed by atoms with Crippen LogP contribution in [-0.4, -0.2) is 91.3 Å². The van der Waals surface area contributed by atoms with E-state index in [1.54, 1.807) is 44.3 Å². The fraction of sp³-hybridized carbons (Fsp3) is 0.447. The van der Waals surface area contributed by atoms with Gasteiger partial charge in [0.2, 0.25) is 6.79 Å². The smallest absolute Gasteiger partial charge is 0.416 e. The minimum absolute atomic E-state index is 0.0933. The van der Waals surface area contributed by atoms with Crippen LogP contribution in [0.3, 0.4) is 0 Å². The standard InChI is InChI=1S/C38H46F3N5O8/c1-23-19-46(24(2)21-47)35(48)30-17-28(42-36(49)43-29-13-15-32-33(18-29)53-22-52-32)12-14-31(30)54-25(3)7-5-6-16-51-34(23)20-45(4)37(50)44-27-10-8-26(9-11-27)38(39,40)41/h8-15,17-18,23-25,34,47H,5-7,16,19-22H2,1-4H3,(H,44,50)(H2,42,43,49)/t23-,24+,25-,34+/m0/s1. The molecule has 2 aliphatic heterocycles. The number of rotatable bonds is 7. The Balaban J connectivity index is 1.33. The monoisotopic (exact) mass is 757 g/mol. The molecule has 0 saturated carbocycles. The fourth-order valence-electron chi connectivity index (χ4n) is 6.04. The number of ether oxygens (including phenoxy) is 4. The highest BCUT2D eigenvalue weighted by Gasteiger charge is 2.32. The average Bonchev–Trinajstić information content (AvgIpc) is 3.60. The molecular formula is C38H46F3N5O8. The lowest BCUT2D eigenvalue weighted by atomic mass is 10.0. The number of carbonyl (C=O) groups is 3. The van der Waals surface area contributed by atoms with Crippen molar-refractivity contribution in [2.45, 2.75) is 64.5 Å². The third kappa shape index (κ3) is 10.5. The maximum atomic E-state index is 14.4. The lowest BCUT2D eigenvalue weighted by Gasteiger charge is -2.35. The normalized spacial score (nSPS) is 19.8. The van der Waals surface area contributed by atoms with Crippen molar-refractivity contribution in [1.29, 1.82) is 0 Å². The first-order valence-electron chi connectivity index (χ1n) is 17.7. The summed E-state index contributed by atoms with van der Waals surface area (Å²) in [4.78, 5) is 43.4. The summed E-state index contributed by atoms with van der Waals surface area (Å²) in [5.74, 6) is 0.590. The Kier molecular flexibility index (Phi) is 13.1. The van der Waals surface area contributed by atoms with Crippen molar-refractivity contribution in [2.24, 2.45) is 5.92 Å². The molecule has 2 aliphatic rings. The van der Waals surface area contributed by atoms with Crippen LogP contribution in [0, 0.1) is 5.92 Å². The van der Waals surface area contributed by atoms with Crippen LogP contribution in [0.5, 0.6) is 17.2 Å². The molecule has 4 atom stereocenters. The van der Waals surface area contributed by atoms with Crippen molar-refractivity contribution in [3.05, 3.63) is 71.8 Å². The molecule has 0 aliphatic carbocycles. The highest BCUT2D eigenvalue weighted by molar-refractivity contribution is 6.02. The summed E-state index contributed by atoms with van der Waals surface area (Å²) < 4.78 is 62.3. The molecule has 0 aromatic heterocycles. The van der Waals surface area contributed by atoms with E-state index in [-0.39, 0.29) is 49.8 Å². The van der Waals surface area contributed by atoms with Gasteiger partial charge in [-0.15, -0.1) is 0 Å². The van der Waals surface area contributed by atoms with Crippen molar-refractivity contribution in [2.75, 3.05) is 56.1 Å². The quantitative estimate of drug-likeness (QED) is 0.201. The second-order valence-corrected chi connectivity index (χ2v) is 13.5. The predicted molar refractivity (Wildman–Crippen MR) is 195 cm³/mol. The van der Waals surface area contributed by atoms with Crippen LogP contribution >= 0.6 is 0 Å². The molecule has 0 fully saturated rings. The van der Waals surface area contributed by atoms with Gasteiger partial charge in [-0.25, -0.2) is 9.59 Å². The van der Waals surface area contributed by atoms with Crippen molar-refractivity contribution < 1.29 is 51.6 Å². The van der Waals surface area contributed by atoms with E-state index in [1.165, 1.54) is 28.0 Å². The highest BCUT2D eigenvalue weighted by atomic mass is 19.4. The minimum Gasteiger partial charge on any atom is -0.490 e. The number of aliphatic hydroxyl groups excluding tert-OH is 1. The van der Waals surface area contributed by atoms with E-state index in [4.69, 9.17) is 18.9 Å². The van der Waals surface area contributed by atoms with E-state index in [2.05, 4.69) is 16.0 Å². The summed E-state index contributed by atoms with van der Waals surface area (Å²) in [7, 11) is 1.55. The van der Waals surface area contributed by atoms with Gasteiger partial charge in [0, 0.05) is 55.8 Å². The van der Waals surface area contributed by atoms with Crippen LogP contribution in [0.25, 0.3) is 0 Å². The summed E-state index contributed by atoms with van der Waals surface area (Å²) in [6, 6.07) is 12.2. The number of urea groups is 2. The number of hydrogen-bond acceptors (Lipinski definition) is 8. The minimum atomic E-state index is -4.50. The molecule has 3 aromatic carbocycles. The zero-order chi connectivity index (χ0) is 39.0. The summed E-state index contributed by atoms with van der Waals surface area (Å²) in [6.45, 7) is 5.83. The Labute approximate surface area is 311 Å². The van der Waals surface area contributed by atoms with Crippen LogP contribution in [-0.2, 0) is 10.9 Å².